The third kappa shape index (κ3) is 3.14. The number of methoxy groups -OCH3 is 1. The lowest BCUT2D eigenvalue weighted by molar-refractivity contribution is -0.136. The van der Waals surface area contributed by atoms with E-state index < -0.39 is 11.7 Å². The van der Waals surface area contributed by atoms with Gasteiger partial charge in [0.25, 0.3) is 0 Å². The number of ether oxygens (including phenoxy) is 1. The van der Waals surface area contributed by atoms with Gasteiger partial charge in [-0.05, 0) is 30.3 Å². The van der Waals surface area contributed by atoms with Crippen LogP contribution in [0.25, 0.3) is 0 Å². The molecule has 0 saturated carbocycles. The zero-order chi connectivity index (χ0) is 14.8. The molecule has 0 saturated heterocycles. The molecule has 3 N–H and O–H groups in total. The van der Waals surface area contributed by atoms with Crippen LogP contribution in [-0.2, 0) is 6.18 Å². The zero-order valence-electron chi connectivity index (χ0n) is 10.7. The van der Waals surface area contributed by atoms with Crippen LogP contribution < -0.4 is 15.8 Å². The third-order valence-electron chi connectivity index (χ3n) is 2.70. The molecule has 2 rings (SSSR count). The predicted molar refractivity (Wildman–Crippen MR) is 72.1 cm³/mol. The highest BCUT2D eigenvalue weighted by Crippen LogP contribution is 2.37. The van der Waals surface area contributed by atoms with Crippen molar-refractivity contribution in [3.8, 4) is 5.75 Å². The lowest BCUT2D eigenvalue weighted by Crippen LogP contribution is -2.09. The Labute approximate surface area is 114 Å². The maximum absolute atomic E-state index is 13.0. The number of nitrogens with one attached hydrogen (secondary N) is 1. The zero-order valence-corrected chi connectivity index (χ0v) is 10.7. The molecule has 0 aliphatic heterocycles. The van der Waals surface area contributed by atoms with E-state index in [-0.39, 0.29) is 11.4 Å². The van der Waals surface area contributed by atoms with Crippen molar-refractivity contribution in [2.24, 2.45) is 0 Å². The van der Waals surface area contributed by atoms with Crippen molar-refractivity contribution < 1.29 is 17.9 Å². The number of halogens is 3. The molecular formula is C14H13F3N2O. The van der Waals surface area contributed by atoms with E-state index in [2.05, 4.69) is 5.32 Å². The van der Waals surface area contributed by atoms with Crippen LogP contribution in [0.15, 0.2) is 42.5 Å². The second-order valence-electron chi connectivity index (χ2n) is 4.16. The Hall–Kier alpha value is -2.37. The Morgan fingerprint density at radius 2 is 1.85 bits per heavy atom. The van der Waals surface area contributed by atoms with E-state index in [0.717, 1.165) is 6.07 Å². The number of hydrogen-bond acceptors (Lipinski definition) is 3. The Balaban J connectivity index is 2.38. The van der Waals surface area contributed by atoms with Crippen molar-refractivity contribution in [2.75, 3.05) is 18.2 Å². The van der Waals surface area contributed by atoms with Gasteiger partial charge in [0, 0.05) is 17.4 Å². The molecule has 0 spiro atoms. The first-order chi connectivity index (χ1) is 9.40. The molecule has 2 aromatic carbocycles. The first-order valence-corrected chi connectivity index (χ1v) is 5.78. The number of hydrogen-bond donors (Lipinski definition) is 2. The van der Waals surface area contributed by atoms with Crippen molar-refractivity contribution >= 4 is 17.1 Å². The van der Waals surface area contributed by atoms with Gasteiger partial charge in [-0.1, -0.05) is 6.07 Å². The van der Waals surface area contributed by atoms with Crippen LogP contribution in [0, 0.1) is 0 Å². The van der Waals surface area contributed by atoms with Crippen molar-refractivity contribution in [1.82, 2.24) is 0 Å². The number of benzene rings is 2. The van der Waals surface area contributed by atoms with Crippen LogP contribution in [0.2, 0.25) is 0 Å². The molecule has 0 unspecified atom stereocenters. The SMILES string of the molecule is COc1cccc(Nc2ccc(N)cc2C(F)(F)F)c1. The molecular weight excluding hydrogens is 269 g/mol. The molecule has 0 atom stereocenters. The summed E-state index contributed by atoms with van der Waals surface area (Å²) in [5.41, 5.74) is 5.12. The van der Waals surface area contributed by atoms with Gasteiger partial charge in [-0.3, -0.25) is 0 Å². The van der Waals surface area contributed by atoms with Crippen molar-refractivity contribution in [3.05, 3.63) is 48.0 Å². The van der Waals surface area contributed by atoms with E-state index in [1.807, 2.05) is 0 Å². The number of rotatable bonds is 3. The summed E-state index contributed by atoms with van der Waals surface area (Å²) in [4.78, 5) is 0. The van der Waals surface area contributed by atoms with Crippen LogP contribution >= 0.6 is 0 Å². The fraction of sp³-hybridized carbons (Fsp3) is 0.143. The first-order valence-electron chi connectivity index (χ1n) is 5.78. The van der Waals surface area contributed by atoms with E-state index >= 15 is 0 Å². The second kappa shape index (κ2) is 5.32. The first kappa shape index (κ1) is 14.0. The molecule has 0 fully saturated rings. The standard InChI is InChI=1S/C14H13F3N2O/c1-20-11-4-2-3-10(8-11)19-13-6-5-9(18)7-12(13)14(15,16)17/h2-8,19H,18H2,1H3. The predicted octanol–water partition coefficient (Wildman–Crippen LogP) is 4.04. The topological polar surface area (TPSA) is 47.3 Å². The van der Waals surface area contributed by atoms with Crippen LogP contribution in [0.5, 0.6) is 5.75 Å². The van der Waals surface area contributed by atoms with Crippen LogP contribution in [0.1, 0.15) is 5.56 Å². The Morgan fingerprint density at radius 1 is 1.10 bits per heavy atom. The highest BCUT2D eigenvalue weighted by molar-refractivity contribution is 5.67. The minimum Gasteiger partial charge on any atom is -0.497 e. The van der Waals surface area contributed by atoms with Crippen LogP contribution in [0.4, 0.5) is 30.2 Å². The maximum Gasteiger partial charge on any atom is 0.418 e. The summed E-state index contributed by atoms with van der Waals surface area (Å²) in [6.45, 7) is 0. The highest BCUT2D eigenvalue weighted by atomic mass is 19.4. The monoisotopic (exact) mass is 282 g/mol. The van der Waals surface area contributed by atoms with E-state index in [4.69, 9.17) is 10.5 Å². The molecule has 0 bridgehead atoms. The maximum atomic E-state index is 13.0. The minimum atomic E-state index is -4.48. The molecule has 3 nitrogen and oxygen atoms in total. The molecule has 20 heavy (non-hydrogen) atoms. The van der Waals surface area contributed by atoms with E-state index in [0.29, 0.717) is 11.4 Å². The fourth-order valence-corrected chi connectivity index (χ4v) is 1.76. The highest BCUT2D eigenvalue weighted by Gasteiger charge is 2.33. The smallest absolute Gasteiger partial charge is 0.418 e. The number of nitrogen functional groups attached to an aromatic ring is 1. The molecule has 106 valence electrons. The van der Waals surface area contributed by atoms with Gasteiger partial charge in [-0.15, -0.1) is 0 Å². The van der Waals surface area contributed by atoms with Crippen LogP contribution in [0.3, 0.4) is 0 Å². The number of anilines is 3. The van der Waals surface area contributed by atoms with Gasteiger partial charge in [0.2, 0.25) is 0 Å². The summed E-state index contributed by atoms with van der Waals surface area (Å²) in [6, 6.07) is 10.3. The molecule has 2 aromatic rings. The van der Waals surface area contributed by atoms with E-state index in [9.17, 15) is 13.2 Å². The summed E-state index contributed by atoms with van der Waals surface area (Å²) in [7, 11) is 1.49. The van der Waals surface area contributed by atoms with Gasteiger partial charge in [0.05, 0.1) is 18.4 Å². The van der Waals surface area contributed by atoms with Gasteiger partial charge in [0.15, 0.2) is 0 Å². The summed E-state index contributed by atoms with van der Waals surface area (Å²) < 4.78 is 43.9. The molecule has 0 aromatic heterocycles. The van der Waals surface area contributed by atoms with Crippen molar-refractivity contribution in [1.29, 1.82) is 0 Å². The lowest BCUT2D eigenvalue weighted by Gasteiger charge is -2.15. The Morgan fingerprint density at radius 3 is 2.50 bits per heavy atom. The summed E-state index contributed by atoms with van der Waals surface area (Å²) in [5, 5.41) is 2.73. The summed E-state index contributed by atoms with van der Waals surface area (Å²) in [6.07, 6.45) is -4.48. The summed E-state index contributed by atoms with van der Waals surface area (Å²) in [5.74, 6) is 0.555. The normalized spacial score (nSPS) is 11.2. The number of alkyl halides is 3. The van der Waals surface area contributed by atoms with Gasteiger partial charge < -0.3 is 15.8 Å². The quantitative estimate of drug-likeness (QED) is 0.835. The fourth-order valence-electron chi connectivity index (χ4n) is 1.76. The molecule has 0 aliphatic carbocycles. The lowest BCUT2D eigenvalue weighted by atomic mass is 10.1. The van der Waals surface area contributed by atoms with Gasteiger partial charge >= 0.3 is 6.18 Å². The van der Waals surface area contributed by atoms with Gasteiger partial charge in [-0.25, -0.2) is 0 Å². The molecule has 6 heteroatoms. The van der Waals surface area contributed by atoms with Crippen molar-refractivity contribution in [3.63, 3.8) is 0 Å². The van der Waals surface area contributed by atoms with E-state index in [1.54, 1.807) is 24.3 Å². The molecule has 0 heterocycles. The second-order valence-corrected chi connectivity index (χ2v) is 4.16. The van der Waals surface area contributed by atoms with Crippen LogP contribution in [-0.4, -0.2) is 7.11 Å². The van der Waals surface area contributed by atoms with Crippen molar-refractivity contribution in [2.45, 2.75) is 6.18 Å². The average Bonchev–Trinajstić information content (AvgIpc) is 2.40. The molecule has 0 radical (unpaired) electrons. The minimum absolute atomic E-state index is 0.0556. The molecule has 0 aliphatic rings. The Bertz CT molecular complexity index is 612. The molecule has 0 amide bonds. The third-order valence-corrected chi connectivity index (χ3v) is 2.70. The summed E-state index contributed by atoms with van der Waals surface area (Å²) >= 11 is 0. The van der Waals surface area contributed by atoms with E-state index in [1.165, 1.54) is 19.2 Å². The van der Waals surface area contributed by atoms with Gasteiger partial charge in [-0.2, -0.15) is 13.2 Å². The Kier molecular flexibility index (Phi) is 3.74. The average molecular weight is 282 g/mol. The number of nitrogens with two attached hydrogens (primary N) is 1. The van der Waals surface area contributed by atoms with Gasteiger partial charge in [0.1, 0.15) is 5.75 Å². The largest absolute Gasteiger partial charge is 0.497 e.